The smallest absolute Gasteiger partial charge is 0.449 e. The van der Waals surface area contributed by atoms with Gasteiger partial charge in [-0.1, -0.05) is 11.6 Å². The monoisotopic (exact) mass is 448 g/mol. The van der Waals surface area contributed by atoms with Gasteiger partial charge < -0.3 is 19.6 Å². The van der Waals surface area contributed by atoms with Crippen molar-refractivity contribution in [1.82, 2.24) is 10.6 Å². The number of aliphatic hydroxyl groups is 1. The topological polar surface area (TPSA) is 83.7 Å². The number of alkyl halides is 3. The molecule has 3 fully saturated rings. The largest absolute Gasteiger partial charge is 0.489 e. The molecule has 1 aromatic heterocycles. The Morgan fingerprint density at radius 1 is 1.27 bits per heavy atom. The van der Waals surface area contributed by atoms with Gasteiger partial charge in [0.25, 0.3) is 5.91 Å². The molecule has 5 rings (SSSR count). The average molecular weight is 449 g/mol. The maximum absolute atomic E-state index is 13.4. The number of halogens is 5. The molecule has 3 saturated carbocycles. The van der Waals surface area contributed by atoms with E-state index in [0.717, 1.165) is 12.3 Å². The summed E-state index contributed by atoms with van der Waals surface area (Å²) >= 11 is 5.59. The van der Waals surface area contributed by atoms with E-state index in [-0.39, 0.29) is 28.5 Å². The van der Waals surface area contributed by atoms with Gasteiger partial charge in [-0.05, 0) is 31.4 Å². The molecule has 1 heterocycles. The lowest BCUT2D eigenvalue weighted by molar-refractivity contribution is -0.153. The Hall–Kier alpha value is -2.30. The van der Waals surface area contributed by atoms with Gasteiger partial charge in [0.1, 0.15) is 30.7 Å². The molecule has 1 unspecified atom stereocenters. The molecule has 30 heavy (non-hydrogen) atoms. The van der Waals surface area contributed by atoms with Gasteiger partial charge in [-0.3, -0.25) is 10.1 Å². The number of carbonyl (C=O) groups is 1. The van der Waals surface area contributed by atoms with Crippen LogP contribution in [-0.4, -0.2) is 34.9 Å². The predicted octanol–water partition coefficient (Wildman–Crippen LogP) is 3.48. The highest BCUT2D eigenvalue weighted by Crippen LogP contribution is 2.60. The van der Waals surface area contributed by atoms with Gasteiger partial charge in [-0.25, -0.2) is 4.39 Å². The van der Waals surface area contributed by atoms with E-state index < -0.39 is 35.4 Å². The van der Waals surface area contributed by atoms with Crippen LogP contribution in [0.5, 0.6) is 5.75 Å². The summed E-state index contributed by atoms with van der Waals surface area (Å²) < 4.78 is 60.8. The summed E-state index contributed by atoms with van der Waals surface area (Å²) in [5.41, 5.74) is -1.09. The molecule has 3 aliphatic carbocycles. The average Bonchev–Trinajstić information content (AvgIpc) is 3.10. The first-order valence-electron chi connectivity index (χ1n) is 9.01. The summed E-state index contributed by atoms with van der Waals surface area (Å²) in [5.74, 6) is -2.28. The van der Waals surface area contributed by atoms with Gasteiger partial charge in [0, 0.05) is 23.2 Å². The lowest BCUT2D eigenvalue weighted by Gasteiger charge is -2.71. The highest BCUT2D eigenvalue weighted by Gasteiger charge is 2.69. The molecule has 2 bridgehead atoms. The second-order valence-corrected chi connectivity index (χ2v) is 8.20. The van der Waals surface area contributed by atoms with Crippen LogP contribution in [0.1, 0.15) is 35.4 Å². The number of benzene rings is 1. The fourth-order valence-corrected chi connectivity index (χ4v) is 4.25. The first-order valence-corrected chi connectivity index (χ1v) is 9.39. The van der Waals surface area contributed by atoms with Crippen molar-refractivity contribution in [2.24, 2.45) is 0 Å². The number of hydrogen-bond donors (Lipinski definition) is 3. The normalized spacial score (nSPS) is 25.8. The zero-order valence-electron chi connectivity index (χ0n) is 15.4. The predicted molar refractivity (Wildman–Crippen MR) is 96.5 cm³/mol. The molecule has 6 nitrogen and oxygen atoms in total. The van der Waals surface area contributed by atoms with E-state index in [4.69, 9.17) is 16.3 Å². The molecule has 0 spiro atoms. The van der Waals surface area contributed by atoms with Gasteiger partial charge in [0.2, 0.25) is 5.76 Å². The minimum atomic E-state index is -4.65. The van der Waals surface area contributed by atoms with Gasteiger partial charge in [0.15, 0.2) is 0 Å². The molecule has 3 aliphatic rings. The van der Waals surface area contributed by atoms with Crippen LogP contribution in [0, 0.1) is 5.82 Å². The number of hydrogen-bond acceptors (Lipinski definition) is 5. The lowest BCUT2D eigenvalue weighted by atomic mass is 9.44. The third-order valence-electron chi connectivity index (χ3n) is 5.32. The van der Waals surface area contributed by atoms with E-state index in [2.05, 4.69) is 15.1 Å². The molecule has 1 atom stereocenters. The summed E-state index contributed by atoms with van der Waals surface area (Å²) in [4.78, 5) is 12.2. The molecule has 162 valence electrons. The molecule has 3 N–H and O–H groups in total. The standard InChI is InChI=1S/C19H17ClF4N2O4/c20-12-2-1-11(4-13(12)21)29-6-15(27)25-17-7-18(8-17,9-17)26-16(28)10-3-14(30-5-10)19(22,23)24/h1-5,15,25,27H,6-9H2,(H,26,28). The second kappa shape index (κ2) is 7.14. The third-order valence-corrected chi connectivity index (χ3v) is 5.63. The van der Waals surface area contributed by atoms with E-state index in [1.807, 2.05) is 0 Å². The molecule has 0 saturated heterocycles. The minimum Gasteiger partial charge on any atom is -0.489 e. The van der Waals surface area contributed by atoms with E-state index in [1.54, 1.807) is 0 Å². The number of ether oxygens (including phenoxy) is 1. The number of rotatable bonds is 7. The Morgan fingerprint density at radius 2 is 1.97 bits per heavy atom. The minimum absolute atomic E-state index is 0.0349. The van der Waals surface area contributed by atoms with E-state index in [1.165, 1.54) is 12.1 Å². The van der Waals surface area contributed by atoms with Crippen LogP contribution in [0.15, 0.2) is 34.9 Å². The van der Waals surface area contributed by atoms with Crippen molar-refractivity contribution < 1.29 is 36.6 Å². The summed E-state index contributed by atoms with van der Waals surface area (Å²) in [6.07, 6.45) is -3.36. The fourth-order valence-electron chi connectivity index (χ4n) is 4.13. The Morgan fingerprint density at radius 3 is 2.57 bits per heavy atom. The quantitative estimate of drug-likeness (QED) is 0.446. The van der Waals surface area contributed by atoms with E-state index in [9.17, 15) is 27.5 Å². The SMILES string of the molecule is O=C(NC12CC(NC(O)COc3ccc(Cl)c(F)c3)(C1)C2)c1coc(C(F)(F)F)c1. The Balaban J connectivity index is 1.24. The van der Waals surface area contributed by atoms with Gasteiger partial charge >= 0.3 is 6.18 Å². The van der Waals surface area contributed by atoms with Crippen LogP contribution in [0.4, 0.5) is 17.6 Å². The van der Waals surface area contributed by atoms with Crippen LogP contribution in [0.2, 0.25) is 5.02 Å². The number of carbonyl (C=O) groups excluding carboxylic acids is 1. The molecule has 1 aromatic carbocycles. The van der Waals surface area contributed by atoms with Crippen molar-refractivity contribution in [3.05, 3.63) is 52.7 Å². The zero-order valence-corrected chi connectivity index (χ0v) is 16.1. The molecule has 0 radical (unpaired) electrons. The van der Waals surface area contributed by atoms with Crippen molar-refractivity contribution in [2.45, 2.75) is 42.7 Å². The van der Waals surface area contributed by atoms with Crippen LogP contribution >= 0.6 is 11.6 Å². The first-order chi connectivity index (χ1) is 14.0. The fraction of sp³-hybridized carbons (Fsp3) is 0.421. The summed E-state index contributed by atoms with van der Waals surface area (Å²) in [7, 11) is 0. The van der Waals surface area contributed by atoms with Crippen LogP contribution in [0.3, 0.4) is 0 Å². The number of aliphatic hydroxyl groups excluding tert-OH is 1. The molecule has 1 amide bonds. The number of nitrogens with one attached hydrogen (secondary N) is 2. The summed E-state index contributed by atoms with van der Waals surface area (Å²) in [6.45, 7) is -0.128. The zero-order chi connectivity index (χ0) is 21.7. The Kier molecular flexibility index (Phi) is 4.99. The second-order valence-electron chi connectivity index (χ2n) is 7.79. The van der Waals surface area contributed by atoms with Crippen LogP contribution < -0.4 is 15.4 Å². The first kappa shape index (κ1) is 21.0. The third kappa shape index (κ3) is 3.99. The molecule has 11 heteroatoms. The number of amides is 1. The van der Waals surface area contributed by atoms with E-state index in [0.29, 0.717) is 25.3 Å². The van der Waals surface area contributed by atoms with Crippen molar-refractivity contribution in [3.8, 4) is 5.75 Å². The maximum atomic E-state index is 13.4. The highest BCUT2D eigenvalue weighted by atomic mass is 35.5. The van der Waals surface area contributed by atoms with Crippen molar-refractivity contribution >= 4 is 17.5 Å². The lowest BCUT2D eigenvalue weighted by Crippen LogP contribution is -2.84. The van der Waals surface area contributed by atoms with E-state index >= 15 is 0 Å². The Bertz CT molecular complexity index is 958. The molecule has 0 aliphatic heterocycles. The van der Waals surface area contributed by atoms with Crippen LogP contribution in [0.25, 0.3) is 0 Å². The highest BCUT2D eigenvalue weighted by molar-refractivity contribution is 6.30. The van der Waals surface area contributed by atoms with Gasteiger partial charge in [-0.2, -0.15) is 13.2 Å². The Labute approximate surface area is 173 Å². The van der Waals surface area contributed by atoms with Gasteiger partial charge in [0.05, 0.1) is 10.6 Å². The molecular formula is C19H17ClF4N2O4. The van der Waals surface area contributed by atoms with Crippen LogP contribution in [-0.2, 0) is 6.18 Å². The van der Waals surface area contributed by atoms with Crippen molar-refractivity contribution in [1.29, 1.82) is 0 Å². The molecular weight excluding hydrogens is 432 g/mol. The van der Waals surface area contributed by atoms with Gasteiger partial charge in [-0.15, -0.1) is 0 Å². The summed E-state index contributed by atoms with van der Waals surface area (Å²) in [6, 6.07) is 4.59. The maximum Gasteiger partial charge on any atom is 0.449 e. The van der Waals surface area contributed by atoms with Crippen molar-refractivity contribution in [2.75, 3.05) is 6.61 Å². The number of furan rings is 1. The summed E-state index contributed by atoms with van der Waals surface area (Å²) in [5, 5.41) is 15.8. The molecule has 2 aromatic rings. The van der Waals surface area contributed by atoms with Crippen molar-refractivity contribution in [3.63, 3.8) is 0 Å².